The summed E-state index contributed by atoms with van der Waals surface area (Å²) in [6.07, 6.45) is 19.9. The van der Waals surface area contributed by atoms with Crippen molar-refractivity contribution in [2.24, 2.45) is 0 Å². The Bertz CT molecular complexity index is 6990. The minimum absolute atomic E-state index is 0.0946. The van der Waals surface area contributed by atoms with Gasteiger partial charge in [0.2, 0.25) is 5.95 Å². The third kappa shape index (κ3) is 25.9. The maximum atomic E-state index is 14.6. The topological polar surface area (TPSA) is 388 Å². The van der Waals surface area contributed by atoms with Gasteiger partial charge >= 0.3 is 0 Å². The normalized spacial score (nSPS) is 14.5. The van der Waals surface area contributed by atoms with Crippen molar-refractivity contribution in [3.63, 3.8) is 0 Å². The number of aromatic nitrogens is 9. The molecule has 4 aliphatic heterocycles. The van der Waals surface area contributed by atoms with Crippen LogP contribution in [-0.4, -0.2) is 244 Å². The number of aliphatic hydroxyl groups excluding tert-OH is 3. The third-order valence-corrected chi connectivity index (χ3v) is 29.1. The van der Waals surface area contributed by atoms with E-state index >= 15 is 0 Å². The Morgan fingerprint density at radius 2 is 0.767 bits per heavy atom. The van der Waals surface area contributed by atoms with Gasteiger partial charge in [-0.25, -0.2) is 24.0 Å². The number of fused-ring (bicyclic) bond motifs is 4. The SMILES string of the molecule is CCCCN(CCCC)C(=O)c1cc(C)n(-c2ccc(NC(=O)c3cc(SC)ccc3Cl)cc2C(=O)N2Cc3ccccc3C[C@H]2CO)n1.CCCCN(CCCC)C(=O)c1cc(C)n(-c2ccc(NC(=O)c3cc4cc(O)ccc4[nH]3)cc2C(=O)N2Cc3ccccc3C[C@H]2CO)n1.CCCCN(CCCC)C(=O)c1cc(C)n(-c2ccc(NC(=O)c3cnc(N4CCCC4)nc3)cc2C(=O)N2Cc3ccccc3C[C@H]2CO)n1. The van der Waals surface area contributed by atoms with E-state index in [0.29, 0.717) is 179 Å². The molecule has 32 nitrogen and oxygen atoms in total. The zero-order chi connectivity index (χ0) is 106. The lowest BCUT2D eigenvalue weighted by atomic mass is 9.93. The molecule has 9 heterocycles. The zero-order valence-electron chi connectivity index (χ0n) is 87.2. The Labute approximate surface area is 885 Å². The highest BCUT2D eigenvalue weighted by atomic mass is 35.5. The standard InChI is InChI=1S/C39H48N8O4.C39H44N6O5.C38H44ClN5O4S/c1-4-6-16-44(17-7-5-2)38(51)34-20-27(3)47(43-34)35-15-14-31(42-36(49)30-23-40-39(41-24-30)45-18-10-11-19-45)22-33(35)37(50)46-25-29-13-9-8-12-28(29)21-32(46)26-48;1-4-6-16-43(17-7-5-2)39(50)35-18-25(3)45(42-35)36-15-12-29(40-37(48)34-21-28-20-31(47)13-14-33(28)41-34)22-32(36)38(49)44-23-27-11-9-8-10-26(27)19-30(44)24-46;1-5-7-17-42(18-8-6-2)38(48)34-19-25(3)44(41-34)35-16-13-28(40-36(46)31-22-30(49-4)14-15-33(31)39)21-32(35)37(47)43-23-27-12-10-9-11-26(27)20-29(43)24-45/h8-9,12-15,20,22-24,32,48H,4-7,10-11,16-19,21,25-26H2,1-3H3,(H,42,49);8-15,18,20-22,30,41,46-47H,4-7,16-17,19,23-24H2,1-3H3,(H,40,48);9-16,19,21-22,29,45H,5-8,17-18,20,23-24H2,1-4H3,(H,40,46)/t32-;30-;29-/m000/s1. The van der Waals surface area contributed by atoms with E-state index in [9.17, 15) is 63.6 Å². The second kappa shape index (κ2) is 51.5. The number of unbranched alkanes of at least 4 members (excludes halogenated alkanes) is 6. The molecular weight excluding hydrogens is 1930 g/mol. The Morgan fingerprint density at radius 1 is 0.413 bits per heavy atom. The molecule has 8 N–H and O–H groups in total. The average Bonchev–Trinajstić information content (AvgIpc) is 1.35. The molecule has 0 aliphatic carbocycles. The molecule has 150 heavy (non-hydrogen) atoms. The monoisotopic (exact) mass is 2070 g/mol. The fourth-order valence-corrected chi connectivity index (χ4v) is 20.1. The van der Waals surface area contributed by atoms with Crippen LogP contribution in [0, 0.1) is 20.8 Å². The summed E-state index contributed by atoms with van der Waals surface area (Å²) in [5.41, 5.74) is 14.3. The Morgan fingerprint density at radius 3 is 1.12 bits per heavy atom. The number of phenols is 1. The van der Waals surface area contributed by atoms with Gasteiger partial charge in [-0.3, -0.25) is 43.2 Å². The van der Waals surface area contributed by atoms with E-state index in [0.717, 1.165) is 141 Å². The fourth-order valence-electron chi connectivity index (χ4n) is 19.5. The number of aliphatic hydroxyl groups is 3. The van der Waals surface area contributed by atoms with Crippen LogP contribution in [0.5, 0.6) is 5.75 Å². The zero-order valence-corrected chi connectivity index (χ0v) is 88.7. The predicted molar refractivity (Wildman–Crippen MR) is 585 cm³/mol. The van der Waals surface area contributed by atoms with Crippen LogP contribution in [-0.2, 0) is 38.9 Å². The number of aromatic hydroxyl groups is 1. The average molecular weight is 2070 g/mol. The molecule has 4 aliphatic rings. The van der Waals surface area contributed by atoms with E-state index in [1.165, 1.54) is 24.2 Å². The van der Waals surface area contributed by atoms with Crippen molar-refractivity contribution in [1.29, 1.82) is 0 Å². The number of benzene rings is 8. The van der Waals surface area contributed by atoms with Crippen molar-refractivity contribution in [1.82, 2.24) is 73.7 Å². The van der Waals surface area contributed by atoms with Gasteiger partial charge in [-0.2, -0.15) is 15.3 Å². The number of aryl methyl sites for hydroxylation is 3. The summed E-state index contributed by atoms with van der Waals surface area (Å²) in [5, 5.41) is 65.1. The molecule has 1 saturated heterocycles. The van der Waals surface area contributed by atoms with Gasteiger partial charge in [-0.05, 0) is 246 Å². The summed E-state index contributed by atoms with van der Waals surface area (Å²) in [5.74, 6) is -1.93. The van der Waals surface area contributed by atoms with E-state index in [1.54, 1.807) is 138 Å². The highest BCUT2D eigenvalue weighted by Crippen LogP contribution is 2.37. The number of nitrogens with one attached hydrogen (secondary N) is 4. The first-order valence-electron chi connectivity index (χ1n) is 52.3. The van der Waals surface area contributed by atoms with Crippen molar-refractivity contribution < 1.29 is 63.6 Å². The molecule has 786 valence electrons. The van der Waals surface area contributed by atoms with Gasteiger partial charge in [0, 0.05) is 134 Å². The number of nitrogens with zero attached hydrogens (tertiary/aromatic N) is 15. The second-order valence-corrected chi connectivity index (χ2v) is 40.1. The van der Waals surface area contributed by atoms with Crippen molar-refractivity contribution in [2.75, 3.05) is 99.3 Å². The number of phenolic OH excluding ortho intramolecular Hbond substituents is 1. The summed E-state index contributed by atoms with van der Waals surface area (Å²) < 4.78 is 4.86. The van der Waals surface area contributed by atoms with Gasteiger partial charge in [0.1, 0.15) is 11.4 Å². The lowest BCUT2D eigenvalue weighted by Crippen LogP contribution is -2.46. The Kier molecular flexibility index (Phi) is 37.6. The molecule has 0 bridgehead atoms. The minimum Gasteiger partial charge on any atom is -0.508 e. The highest BCUT2D eigenvalue weighted by molar-refractivity contribution is 7.98. The van der Waals surface area contributed by atoms with E-state index in [-0.39, 0.29) is 83.4 Å². The van der Waals surface area contributed by atoms with Crippen LogP contribution in [0.4, 0.5) is 23.0 Å². The van der Waals surface area contributed by atoms with Crippen molar-refractivity contribution in [2.45, 2.75) is 214 Å². The summed E-state index contributed by atoms with van der Waals surface area (Å²) in [7, 11) is 0. The quantitative estimate of drug-likeness (QED) is 0.0167. The molecule has 34 heteroatoms. The first-order chi connectivity index (χ1) is 72.7. The molecule has 3 atom stereocenters. The van der Waals surface area contributed by atoms with E-state index in [1.807, 2.05) is 121 Å². The predicted octanol–water partition coefficient (Wildman–Crippen LogP) is 19.1. The number of hydrogen-bond acceptors (Lipinski definition) is 20. The molecular formula is C116H136ClN19O13S. The number of carbonyl (C=O) groups is 9. The summed E-state index contributed by atoms with van der Waals surface area (Å²) >= 11 is 7.91. The summed E-state index contributed by atoms with van der Waals surface area (Å²) in [6.45, 7) is 24.2. The van der Waals surface area contributed by atoms with Crippen LogP contribution in [0.25, 0.3) is 28.0 Å². The Hall–Kier alpha value is -14.6. The van der Waals surface area contributed by atoms with Gasteiger partial charge in [-0.1, -0.05) is 164 Å². The van der Waals surface area contributed by atoms with Crippen molar-refractivity contribution >= 4 is 110 Å². The third-order valence-electron chi connectivity index (χ3n) is 28.0. The number of H-pyrrole nitrogens is 1. The van der Waals surface area contributed by atoms with Crippen LogP contribution in [0.2, 0.25) is 5.02 Å². The lowest BCUT2D eigenvalue weighted by molar-refractivity contribution is 0.0539. The molecule has 13 aromatic rings. The molecule has 0 saturated carbocycles. The summed E-state index contributed by atoms with van der Waals surface area (Å²) in [6, 6.07) is 54.6. The number of thioether (sulfide) groups is 1. The van der Waals surface area contributed by atoms with E-state index < -0.39 is 35.8 Å². The number of hydrogen-bond donors (Lipinski definition) is 8. The first kappa shape index (κ1) is 110. The summed E-state index contributed by atoms with van der Waals surface area (Å²) in [4.78, 5) is 151. The second-order valence-electron chi connectivity index (χ2n) is 38.8. The van der Waals surface area contributed by atoms with Gasteiger partial charge in [0.15, 0.2) is 17.1 Å². The molecule has 8 aromatic carbocycles. The molecule has 1 fully saturated rings. The van der Waals surface area contributed by atoms with E-state index in [2.05, 4.69) is 77.3 Å². The van der Waals surface area contributed by atoms with Crippen LogP contribution in [0.3, 0.4) is 0 Å². The number of rotatable bonds is 38. The van der Waals surface area contributed by atoms with Crippen molar-refractivity contribution in [3.8, 4) is 22.8 Å². The number of amides is 9. The van der Waals surface area contributed by atoms with E-state index in [4.69, 9.17) is 26.9 Å². The first-order valence-corrected chi connectivity index (χ1v) is 53.9. The number of anilines is 4. The van der Waals surface area contributed by atoms with Crippen LogP contribution in [0.1, 0.15) is 276 Å². The highest BCUT2D eigenvalue weighted by Gasteiger charge is 2.38. The molecule has 9 amide bonds. The van der Waals surface area contributed by atoms with Crippen LogP contribution >= 0.6 is 23.4 Å². The van der Waals surface area contributed by atoms with Crippen LogP contribution < -0.4 is 20.9 Å². The van der Waals surface area contributed by atoms with Gasteiger partial charge in [0.25, 0.3) is 53.2 Å². The maximum absolute atomic E-state index is 14.6. The molecule has 17 rings (SSSR count). The van der Waals surface area contributed by atoms with Crippen molar-refractivity contribution in [3.05, 3.63) is 307 Å². The minimum atomic E-state index is -0.451. The smallest absolute Gasteiger partial charge is 0.274 e. The number of carbonyl (C=O) groups excluding carboxylic acids is 9. The molecule has 5 aromatic heterocycles. The van der Waals surface area contributed by atoms with Gasteiger partial charge in [-0.15, -0.1) is 11.8 Å². The molecule has 0 radical (unpaired) electrons. The van der Waals surface area contributed by atoms with Crippen LogP contribution in [0.15, 0.2) is 205 Å². The molecule has 0 spiro atoms. The molecule has 0 unspecified atom stereocenters. The largest absolute Gasteiger partial charge is 0.508 e. The Balaban J connectivity index is 0.000000168. The number of halogens is 1. The fraction of sp³-hybridized carbons (Fsp3) is 0.379. The van der Waals surface area contributed by atoms with Gasteiger partial charge in [0.05, 0.1) is 87.8 Å². The lowest BCUT2D eigenvalue weighted by Gasteiger charge is -2.36. The maximum Gasteiger partial charge on any atom is 0.274 e. The van der Waals surface area contributed by atoms with Gasteiger partial charge < -0.3 is 75.7 Å². The number of aromatic amines is 1.